The van der Waals surface area contributed by atoms with Gasteiger partial charge in [0, 0.05) is 34.7 Å². The van der Waals surface area contributed by atoms with Crippen molar-refractivity contribution < 1.29 is 14.3 Å². The second-order valence-electron chi connectivity index (χ2n) is 9.66. The van der Waals surface area contributed by atoms with E-state index in [4.69, 9.17) is 21.1 Å². The summed E-state index contributed by atoms with van der Waals surface area (Å²) in [7, 11) is 5.40. The Bertz CT molecular complexity index is 1500. The monoisotopic (exact) mass is 548 g/mol. The minimum atomic E-state index is -0.317. The van der Waals surface area contributed by atoms with Gasteiger partial charge in [0.05, 0.1) is 38.2 Å². The Labute approximate surface area is 231 Å². The van der Waals surface area contributed by atoms with E-state index in [9.17, 15) is 4.79 Å². The topological polar surface area (TPSA) is 59.0 Å². The molecule has 0 fully saturated rings. The maximum atomic E-state index is 14.2. The number of amides is 2. The standard InChI is InChI=1S/C29H29ClN4O3S/c1-32-14-12-21-22-16-34(29(35)31-23-15-19(30)8-11-25(23)37-3)27(18-6-9-20(36-2)10-7-18)24-5-4-13-33(24)28(22)38-26(21)17-32/h4-11,13,15,27H,12,14,16-17H2,1-3H3,(H,31,35)/t27-/m0/s1. The molecular weight excluding hydrogens is 520 g/mol. The maximum Gasteiger partial charge on any atom is 0.323 e. The lowest BCUT2D eigenvalue weighted by atomic mass is 10.00. The molecule has 6 rings (SSSR count). The SMILES string of the molecule is COc1ccc([C@H]2c3cccn3-c3sc4c(c3CN2C(=O)Nc2cc(Cl)ccc2OC)CCN(C)C4)cc1. The zero-order valence-electron chi connectivity index (χ0n) is 21.5. The summed E-state index contributed by atoms with van der Waals surface area (Å²) in [6.07, 6.45) is 3.08. The van der Waals surface area contributed by atoms with Crippen LogP contribution >= 0.6 is 22.9 Å². The maximum absolute atomic E-state index is 14.2. The van der Waals surface area contributed by atoms with E-state index in [1.54, 1.807) is 32.4 Å². The van der Waals surface area contributed by atoms with Crippen molar-refractivity contribution in [3.05, 3.63) is 93.1 Å². The predicted molar refractivity (Wildman–Crippen MR) is 151 cm³/mol. The zero-order chi connectivity index (χ0) is 26.4. The molecule has 0 spiro atoms. The van der Waals surface area contributed by atoms with E-state index in [2.05, 4.69) is 40.2 Å². The minimum Gasteiger partial charge on any atom is -0.497 e. The molecular formula is C29H29ClN4O3S. The van der Waals surface area contributed by atoms with Gasteiger partial charge >= 0.3 is 6.03 Å². The molecule has 4 heterocycles. The molecule has 0 unspecified atom stereocenters. The van der Waals surface area contributed by atoms with Gasteiger partial charge in [-0.25, -0.2) is 4.79 Å². The van der Waals surface area contributed by atoms with Crippen molar-refractivity contribution in [2.24, 2.45) is 0 Å². The van der Waals surface area contributed by atoms with Crippen molar-refractivity contribution in [3.63, 3.8) is 0 Å². The van der Waals surface area contributed by atoms with Gasteiger partial charge in [-0.15, -0.1) is 11.3 Å². The number of methoxy groups -OCH3 is 2. The Morgan fingerprint density at radius 1 is 1.05 bits per heavy atom. The number of likely N-dealkylation sites (N-methyl/N-ethyl adjacent to an activating group) is 1. The van der Waals surface area contributed by atoms with E-state index in [0.717, 1.165) is 36.5 Å². The number of hydrogen-bond donors (Lipinski definition) is 1. The zero-order valence-corrected chi connectivity index (χ0v) is 23.1. The van der Waals surface area contributed by atoms with Gasteiger partial charge in [0.1, 0.15) is 16.5 Å². The molecule has 38 heavy (non-hydrogen) atoms. The number of ether oxygens (including phenoxy) is 2. The number of urea groups is 1. The van der Waals surface area contributed by atoms with Crippen LogP contribution in [0.3, 0.4) is 0 Å². The van der Waals surface area contributed by atoms with Crippen molar-refractivity contribution in [3.8, 4) is 16.5 Å². The molecule has 2 aliphatic heterocycles. The van der Waals surface area contributed by atoms with Gasteiger partial charge in [-0.2, -0.15) is 0 Å². The molecule has 1 atom stereocenters. The number of fused-ring (bicyclic) bond motifs is 5. The average molecular weight is 549 g/mol. The fourth-order valence-corrected chi connectivity index (χ4v) is 7.07. The van der Waals surface area contributed by atoms with Crippen LogP contribution in [0.25, 0.3) is 5.00 Å². The first kappa shape index (κ1) is 24.9. The molecule has 0 aliphatic carbocycles. The minimum absolute atomic E-state index is 0.222. The molecule has 0 radical (unpaired) electrons. The first-order valence-electron chi connectivity index (χ1n) is 12.5. The first-order chi connectivity index (χ1) is 18.5. The van der Waals surface area contributed by atoms with Gasteiger partial charge in [-0.1, -0.05) is 23.7 Å². The predicted octanol–water partition coefficient (Wildman–Crippen LogP) is 6.33. The third-order valence-electron chi connectivity index (χ3n) is 7.35. The van der Waals surface area contributed by atoms with E-state index in [0.29, 0.717) is 23.0 Å². The van der Waals surface area contributed by atoms with Crippen molar-refractivity contribution >= 4 is 34.7 Å². The van der Waals surface area contributed by atoms with Crippen LogP contribution in [0.15, 0.2) is 60.8 Å². The second-order valence-corrected chi connectivity index (χ2v) is 11.2. The third-order valence-corrected chi connectivity index (χ3v) is 8.84. The number of nitrogens with zero attached hydrogens (tertiary/aromatic N) is 3. The first-order valence-corrected chi connectivity index (χ1v) is 13.7. The fourth-order valence-electron chi connectivity index (χ4n) is 5.45. The van der Waals surface area contributed by atoms with E-state index in [-0.39, 0.29) is 12.1 Å². The highest BCUT2D eigenvalue weighted by molar-refractivity contribution is 7.15. The number of carbonyl (C=O) groups is 1. The molecule has 9 heteroatoms. The fraction of sp³-hybridized carbons (Fsp3) is 0.276. The third kappa shape index (κ3) is 4.32. The Hall–Kier alpha value is -3.46. The number of carbonyl (C=O) groups excluding carboxylic acids is 1. The largest absolute Gasteiger partial charge is 0.497 e. The molecule has 1 N–H and O–H groups in total. The summed E-state index contributed by atoms with van der Waals surface area (Å²) in [5.74, 6) is 1.33. The van der Waals surface area contributed by atoms with Crippen molar-refractivity contribution in [1.29, 1.82) is 0 Å². The Morgan fingerprint density at radius 2 is 1.87 bits per heavy atom. The molecule has 7 nitrogen and oxygen atoms in total. The Balaban J connectivity index is 1.49. The van der Waals surface area contributed by atoms with Crippen LogP contribution < -0.4 is 14.8 Å². The highest BCUT2D eigenvalue weighted by atomic mass is 35.5. The second kappa shape index (κ2) is 10.0. The molecule has 2 aromatic carbocycles. The molecule has 2 aliphatic rings. The van der Waals surface area contributed by atoms with Crippen LogP contribution in [0.1, 0.15) is 33.3 Å². The van der Waals surface area contributed by atoms with Crippen LogP contribution in [0, 0.1) is 0 Å². The van der Waals surface area contributed by atoms with Gasteiger partial charge in [-0.05, 0) is 67.1 Å². The molecule has 0 bridgehead atoms. The number of aromatic nitrogens is 1. The van der Waals surface area contributed by atoms with Gasteiger partial charge in [0.2, 0.25) is 0 Å². The summed E-state index contributed by atoms with van der Waals surface area (Å²) in [5, 5.41) is 4.81. The summed E-state index contributed by atoms with van der Waals surface area (Å²) in [6, 6.07) is 16.8. The number of halogens is 1. The van der Waals surface area contributed by atoms with E-state index in [1.807, 2.05) is 40.5 Å². The van der Waals surface area contributed by atoms with Gasteiger partial charge in [-0.3, -0.25) is 0 Å². The Morgan fingerprint density at radius 3 is 2.63 bits per heavy atom. The number of rotatable bonds is 4. The van der Waals surface area contributed by atoms with Gasteiger partial charge in [0.25, 0.3) is 0 Å². The summed E-state index contributed by atoms with van der Waals surface area (Å²) >= 11 is 8.12. The summed E-state index contributed by atoms with van der Waals surface area (Å²) in [4.78, 5) is 19.8. The summed E-state index contributed by atoms with van der Waals surface area (Å²) < 4.78 is 13.2. The molecule has 4 aromatic rings. The smallest absolute Gasteiger partial charge is 0.323 e. The van der Waals surface area contributed by atoms with Crippen molar-refractivity contribution in [1.82, 2.24) is 14.4 Å². The molecule has 196 valence electrons. The van der Waals surface area contributed by atoms with Crippen LogP contribution in [-0.4, -0.2) is 48.2 Å². The normalized spacial score (nSPS) is 16.7. The quantitative estimate of drug-likeness (QED) is 0.323. The lowest BCUT2D eigenvalue weighted by Gasteiger charge is -2.32. The number of hydrogen-bond acceptors (Lipinski definition) is 5. The summed E-state index contributed by atoms with van der Waals surface area (Å²) in [5.41, 5.74) is 5.17. The highest BCUT2D eigenvalue weighted by Gasteiger charge is 2.36. The number of anilines is 1. The van der Waals surface area contributed by atoms with Crippen LogP contribution in [0.4, 0.5) is 10.5 Å². The number of nitrogens with one attached hydrogen (secondary N) is 1. The van der Waals surface area contributed by atoms with Crippen molar-refractivity contribution in [2.45, 2.75) is 25.6 Å². The molecule has 2 aromatic heterocycles. The average Bonchev–Trinajstić information content (AvgIpc) is 3.50. The molecule has 2 amide bonds. The van der Waals surface area contributed by atoms with E-state index in [1.165, 1.54) is 21.0 Å². The molecule has 0 saturated heterocycles. The number of thiophene rings is 1. The lowest BCUT2D eigenvalue weighted by Crippen LogP contribution is -2.38. The van der Waals surface area contributed by atoms with Crippen LogP contribution in [0.2, 0.25) is 5.02 Å². The Kier molecular flexibility index (Phi) is 6.55. The van der Waals surface area contributed by atoms with E-state index < -0.39 is 0 Å². The van der Waals surface area contributed by atoms with Crippen molar-refractivity contribution in [2.75, 3.05) is 33.1 Å². The van der Waals surface area contributed by atoms with Gasteiger partial charge in [0.15, 0.2) is 0 Å². The van der Waals surface area contributed by atoms with E-state index >= 15 is 0 Å². The highest BCUT2D eigenvalue weighted by Crippen LogP contribution is 2.44. The molecule has 0 saturated carbocycles. The van der Waals surface area contributed by atoms with Gasteiger partial charge < -0.3 is 29.2 Å². The lowest BCUT2D eigenvalue weighted by molar-refractivity contribution is 0.194. The summed E-state index contributed by atoms with van der Waals surface area (Å²) in [6.45, 7) is 2.41. The van der Waals surface area contributed by atoms with Crippen LogP contribution in [0.5, 0.6) is 11.5 Å². The van der Waals surface area contributed by atoms with Crippen LogP contribution in [-0.2, 0) is 19.5 Å². The number of benzene rings is 2.